The minimum absolute atomic E-state index is 0.0772. The van der Waals surface area contributed by atoms with E-state index in [0.29, 0.717) is 6.42 Å². The van der Waals surface area contributed by atoms with Crippen molar-refractivity contribution in [2.45, 2.75) is 25.6 Å². The Morgan fingerprint density at radius 2 is 2.00 bits per heavy atom. The molecule has 3 heteroatoms. The molecule has 1 aromatic carbocycles. The number of hydrogen-bond donors (Lipinski definition) is 0. The van der Waals surface area contributed by atoms with Crippen LogP contribution in [0.2, 0.25) is 0 Å². The van der Waals surface area contributed by atoms with Crippen molar-refractivity contribution in [1.82, 2.24) is 0 Å². The van der Waals surface area contributed by atoms with E-state index in [2.05, 4.69) is 0 Å². The quantitative estimate of drug-likeness (QED) is 0.716. The van der Waals surface area contributed by atoms with Crippen molar-refractivity contribution in [3.8, 4) is 0 Å². The van der Waals surface area contributed by atoms with E-state index in [9.17, 15) is 4.79 Å². The summed E-state index contributed by atoms with van der Waals surface area (Å²) >= 11 is 0. The number of carbonyl (C=O) groups is 1. The molecule has 1 saturated heterocycles. The van der Waals surface area contributed by atoms with E-state index in [1.807, 2.05) is 49.4 Å². The van der Waals surface area contributed by atoms with Crippen LogP contribution in [0.1, 0.15) is 18.9 Å². The Labute approximate surface area is 94.7 Å². The first-order valence-corrected chi connectivity index (χ1v) is 5.34. The molecular weight excluding hydrogens is 204 g/mol. The molecule has 1 aliphatic heterocycles. The first-order chi connectivity index (χ1) is 7.74. The highest BCUT2D eigenvalue weighted by Gasteiger charge is 2.24. The van der Waals surface area contributed by atoms with E-state index in [1.54, 1.807) is 0 Å². The third kappa shape index (κ3) is 2.86. The highest BCUT2D eigenvalue weighted by atomic mass is 16.7. The van der Waals surface area contributed by atoms with Crippen LogP contribution >= 0.6 is 0 Å². The predicted molar refractivity (Wildman–Crippen MR) is 60.9 cm³/mol. The molecule has 16 heavy (non-hydrogen) atoms. The Morgan fingerprint density at radius 3 is 2.69 bits per heavy atom. The van der Waals surface area contributed by atoms with Crippen LogP contribution in [0.25, 0.3) is 6.08 Å². The zero-order valence-electron chi connectivity index (χ0n) is 9.13. The maximum absolute atomic E-state index is 11.0. The maximum Gasteiger partial charge on any atom is 0.509 e. The number of benzene rings is 1. The lowest BCUT2D eigenvalue weighted by atomic mass is 10.1. The van der Waals surface area contributed by atoms with Crippen molar-refractivity contribution < 1.29 is 14.3 Å². The van der Waals surface area contributed by atoms with E-state index in [0.717, 1.165) is 5.56 Å². The Bertz CT molecular complexity index is 383. The van der Waals surface area contributed by atoms with Gasteiger partial charge in [0.05, 0.1) is 0 Å². The summed E-state index contributed by atoms with van der Waals surface area (Å²) in [5.41, 5.74) is 1.10. The van der Waals surface area contributed by atoms with Gasteiger partial charge in [-0.05, 0) is 18.6 Å². The predicted octanol–water partition coefficient (Wildman–Crippen LogP) is 3.01. The standard InChI is InChI=1S/C13H14O3/c1-10-9-12(16-13(14)15-10)8-7-11-5-3-2-4-6-11/h2-8,10,12H,9H2,1H3/b8-7+/t10-,12?/m1/s1. The molecule has 84 valence electrons. The molecule has 0 aliphatic carbocycles. The lowest BCUT2D eigenvalue weighted by Crippen LogP contribution is -2.31. The summed E-state index contributed by atoms with van der Waals surface area (Å²) in [5, 5.41) is 0. The van der Waals surface area contributed by atoms with Crippen molar-refractivity contribution in [3.05, 3.63) is 42.0 Å². The largest absolute Gasteiger partial charge is 0.509 e. The summed E-state index contributed by atoms with van der Waals surface area (Å²) in [6, 6.07) is 9.91. The van der Waals surface area contributed by atoms with Crippen molar-refractivity contribution >= 4 is 12.2 Å². The van der Waals surface area contributed by atoms with Gasteiger partial charge in [0.25, 0.3) is 0 Å². The Morgan fingerprint density at radius 1 is 1.25 bits per heavy atom. The van der Waals surface area contributed by atoms with Gasteiger partial charge in [0, 0.05) is 6.42 Å². The molecule has 0 saturated carbocycles. The summed E-state index contributed by atoms with van der Waals surface area (Å²) in [6.45, 7) is 1.86. The van der Waals surface area contributed by atoms with E-state index in [4.69, 9.17) is 9.47 Å². The second-order valence-corrected chi connectivity index (χ2v) is 3.84. The molecule has 3 nitrogen and oxygen atoms in total. The van der Waals surface area contributed by atoms with Crippen molar-refractivity contribution in [3.63, 3.8) is 0 Å². The molecule has 1 aromatic rings. The third-order valence-electron chi connectivity index (χ3n) is 2.41. The van der Waals surface area contributed by atoms with E-state index in [1.165, 1.54) is 0 Å². The van der Waals surface area contributed by atoms with Gasteiger partial charge in [0.15, 0.2) is 0 Å². The average molecular weight is 218 g/mol. The van der Waals surface area contributed by atoms with Crippen molar-refractivity contribution in [2.24, 2.45) is 0 Å². The first kappa shape index (κ1) is 10.7. The summed E-state index contributed by atoms with van der Waals surface area (Å²) in [7, 11) is 0. The fraction of sp³-hybridized carbons (Fsp3) is 0.308. The number of carbonyl (C=O) groups excluding carboxylic acids is 1. The summed E-state index contributed by atoms with van der Waals surface area (Å²) in [4.78, 5) is 11.0. The van der Waals surface area contributed by atoms with Crippen molar-refractivity contribution in [1.29, 1.82) is 0 Å². The van der Waals surface area contributed by atoms with Crippen LogP contribution in [0, 0.1) is 0 Å². The highest BCUT2D eigenvalue weighted by molar-refractivity contribution is 5.62. The molecule has 2 rings (SSSR count). The number of ether oxygens (including phenoxy) is 2. The van der Waals surface area contributed by atoms with Gasteiger partial charge in [-0.1, -0.05) is 36.4 Å². The summed E-state index contributed by atoms with van der Waals surface area (Å²) in [6.07, 6.45) is 3.71. The molecule has 0 radical (unpaired) electrons. The van der Waals surface area contributed by atoms with Gasteiger partial charge in [-0.25, -0.2) is 4.79 Å². The third-order valence-corrected chi connectivity index (χ3v) is 2.41. The SMILES string of the molecule is C[C@@H]1CC(/C=C/c2ccccc2)OC(=O)O1. The maximum atomic E-state index is 11.0. The molecule has 0 bridgehead atoms. The van der Waals surface area contributed by atoms with Crippen LogP contribution < -0.4 is 0 Å². The zero-order valence-corrected chi connectivity index (χ0v) is 9.13. The number of cyclic esters (lactones) is 2. The topological polar surface area (TPSA) is 35.5 Å². The summed E-state index contributed by atoms with van der Waals surface area (Å²) in [5.74, 6) is 0. The lowest BCUT2D eigenvalue weighted by Gasteiger charge is -2.24. The van der Waals surface area contributed by atoms with Crippen LogP contribution in [0.5, 0.6) is 0 Å². The van der Waals surface area contributed by atoms with Gasteiger partial charge in [-0.3, -0.25) is 0 Å². The molecular formula is C13H14O3. The van der Waals surface area contributed by atoms with Crippen molar-refractivity contribution in [2.75, 3.05) is 0 Å². The van der Waals surface area contributed by atoms with Crippen LogP contribution in [0.3, 0.4) is 0 Å². The molecule has 0 N–H and O–H groups in total. The minimum atomic E-state index is -0.582. The molecule has 0 aromatic heterocycles. The Balaban J connectivity index is 1.99. The van der Waals surface area contributed by atoms with Gasteiger partial charge in [0.2, 0.25) is 0 Å². The zero-order chi connectivity index (χ0) is 11.4. The van der Waals surface area contributed by atoms with Gasteiger partial charge in [-0.2, -0.15) is 0 Å². The molecule has 1 unspecified atom stereocenters. The van der Waals surface area contributed by atoms with Crippen LogP contribution in [0.4, 0.5) is 4.79 Å². The van der Waals surface area contributed by atoms with E-state index in [-0.39, 0.29) is 12.2 Å². The van der Waals surface area contributed by atoms with Crippen LogP contribution in [-0.4, -0.2) is 18.4 Å². The van der Waals surface area contributed by atoms with E-state index >= 15 is 0 Å². The highest BCUT2D eigenvalue weighted by Crippen LogP contribution is 2.16. The fourth-order valence-electron chi connectivity index (χ4n) is 1.64. The minimum Gasteiger partial charge on any atom is -0.431 e. The molecule has 2 atom stereocenters. The van der Waals surface area contributed by atoms with Crippen LogP contribution in [0.15, 0.2) is 36.4 Å². The fourth-order valence-corrected chi connectivity index (χ4v) is 1.64. The lowest BCUT2D eigenvalue weighted by molar-refractivity contribution is -0.0382. The molecule has 1 aliphatic rings. The number of rotatable bonds is 2. The molecule has 1 heterocycles. The molecule has 0 spiro atoms. The Hall–Kier alpha value is -1.77. The second-order valence-electron chi connectivity index (χ2n) is 3.84. The normalized spacial score (nSPS) is 25.2. The van der Waals surface area contributed by atoms with Gasteiger partial charge in [-0.15, -0.1) is 0 Å². The molecule has 0 amide bonds. The average Bonchev–Trinajstić information content (AvgIpc) is 2.27. The Kier molecular flexibility index (Phi) is 3.25. The van der Waals surface area contributed by atoms with Gasteiger partial charge < -0.3 is 9.47 Å². The van der Waals surface area contributed by atoms with Crippen LogP contribution in [-0.2, 0) is 9.47 Å². The van der Waals surface area contributed by atoms with Gasteiger partial charge >= 0.3 is 6.16 Å². The van der Waals surface area contributed by atoms with E-state index < -0.39 is 6.16 Å². The molecule has 1 fully saturated rings. The second kappa shape index (κ2) is 4.84. The van der Waals surface area contributed by atoms with Gasteiger partial charge in [0.1, 0.15) is 12.2 Å². The monoisotopic (exact) mass is 218 g/mol. The number of hydrogen-bond acceptors (Lipinski definition) is 3. The summed E-state index contributed by atoms with van der Waals surface area (Å²) < 4.78 is 9.90. The first-order valence-electron chi connectivity index (χ1n) is 5.34. The smallest absolute Gasteiger partial charge is 0.431 e.